The van der Waals surface area contributed by atoms with E-state index < -0.39 is 0 Å². The molecule has 0 radical (unpaired) electrons. The maximum atomic E-state index is 5.79. The zero-order chi connectivity index (χ0) is 11.3. The van der Waals surface area contributed by atoms with Gasteiger partial charge in [-0.15, -0.1) is 0 Å². The van der Waals surface area contributed by atoms with Gasteiger partial charge in [0.05, 0.1) is 13.7 Å². The smallest absolute Gasteiger partial charge is 0.122 e. The van der Waals surface area contributed by atoms with Crippen molar-refractivity contribution in [3.63, 3.8) is 0 Å². The maximum Gasteiger partial charge on any atom is 0.122 e. The van der Waals surface area contributed by atoms with E-state index in [0.29, 0.717) is 6.61 Å². The number of methoxy groups -OCH3 is 2. The first-order valence-electron chi connectivity index (χ1n) is 5.07. The molecule has 3 nitrogen and oxygen atoms in total. The summed E-state index contributed by atoms with van der Waals surface area (Å²) in [5, 5.41) is 0. The summed E-state index contributed by atoms with van der Waals surface area (Å²) in [6.45, 7) is 2.61. The lowest BCUT2D eigenvalue weighted by molar-refractivity contribution is 0.184. The van der Waals surface area contributed by atoms with Gasteiger partial charge in [-0.25, -0.2) is 0 Å². The SMILES string of the molecule is COCc1ccc(OC)c(CC(C)N)c1. The molecule has 0 heterocycles. The van der Waals surface area contributed by atoms with Crippen LogP contribution >= 0.6 is 0 Å². The summed E-state index contributed by atoms with van der Waals surface area (Å²) < 4.78 is 10.4. The largest absolute Gasteiger partial charge is 0.496 e. The van der Waals surface area contributed by atoms with Crippen molar-refractivity contribution in [1.82, 2.24) is 0 Å². The third kappa shape index (κ3) is 3.53. The number of ether oxygens (including phenoxy) is 2. The third-order valence-corrected chi connectivity index (χ3v) is 2.20. The van der Waals surface area contributed by atoms with E-state index >= 15 is 0 Å². The van der Waals surface area contributed by atoms with Crippen LogP contribution in [-0.2, 0) is 17.8 Å². The summed E-state index contributed by atoms with van der Waals surface area (Å²) >= 11 is 0. The normalized spacial score (nSPS) is 12.5. The van der Waals surface area contributed by atoms with Gasteiger partial charge in [0.25, 0.3) is 0 Å². The lowest BCUT2D eigenvalue weighted by atomic mass is 10.0. The van der Waals surface area contributed by atoms with Crippen LogP contribution in [-0.4, -0.2) is 20.3 Å². The van der Waals surface area contributed by atoms with Crippen LogP contribution < -0.4 is 10.5 Å². The summed E-state index contributed by atoms with van der Waals surface area (Å²) in [5.74, 6) is 0.896. The van der Waals surface area contributed by atoms with Crippen LogP contribution in [0.1, 0.15) is 18.1 Å². The molecule has 0 aromatic heterocycles. The lowest BCUT2D eigenvalue weighted by Crippen LogP contribution is -2.18. The Morgan fingerprint density at radius 3 is 2.60 bits per heavy atom. The summed E-state index contributed by atoms with van der Waals surface area (Å²) in [7, 11) is 3.37. The van der Waals surface area contributed by atoms with Gasteiger partial charge in [-0.1, -0.05) is 6.07 Å². The van der Waals surface area contributed by atoms with Crippen LogP contribution in [0.5, 0.6) is 5.75 Å². The number of hydrogen-bond donors (Lipinski definition) is 1. The van der Waals surface area contributed by atoms with E-state index in [1.807, 2.05) is 19.1 Å². The van der Waals surface area contributed by atoms with Gasteiger partial charge in [0, 0.05) is 13.2 Å². The highest BCUT2D eigenvalue weighted by atomic mass is 16.5. The Morgan fingerprint density at radius 1 is 1.33 bits per heavy atom. The summed E-state index contributed by atoms with van der Waals surface area (Å²) in [4.78, 5) is 0. The Bertz CT molecular complexity index is 310. The second-order valence-corrected chi connectivity index (χ2v) is 3.76. The molecular weight excluding hydrogens is 190 g/mol. The zero-order valence-corrected chi connectivity index (χ0v) is 9.62. The maximum absolute atomic E-state index is 5.79. The Kier molecular flexibility index (Phi) is 4.59. The van der Waals surface area contributed by atoms with Crippen molar-refractivity contribution < 1.29 is 9.47 Å². The minimum absolute atomic E-state index is 0.136. The molecular formula is C12H19NO2. The van der Waals surface area contributed by atoms with Crippen molar-refractivity contribution in [2.45, 2.75) is 26.0 Å². The van der Waals surface area contributed by atoms with Crippen molar-refractivity contribution in [2.75, 3.05) is 14.2 Å². The Labute approximate surface area is 91.2 Å². The molecule has 1 unspecified atom stereocenters. The van der Waals surface area contributed by atoms with E-state index in [1.165, 1.54) is 0 Å². The van der Waals surface area contributed by atoms with Crippen molar-refractivity contribution >= 4 is 0 Å². The predicted molar refractivity (Wildman–Crippen MR) is 61.1 cm³/mol. The van der Waals surface area contributed by atoms with Gasteiger partial charge >= 0.3 is 0 Å². The molecule has 0 amide bonds. The van der Waals surface area contributed by atoms with Gasteiger partial charge in [0.1, 0.15) is 5.75 Å². The predicted octanol–water partition coefficient (Wildman–Crippen LogP) is 1.73. The average Bonchev–Trinajstić information content (AvgIpc) is 2.18. The molecule has 3 heteroatoms. The Hall–Kier alpha value is -1.06. The first kappa shape index (κ1) is 12.0. The number of rotatable bonds is 5. The third-order valence-electron chi connectivity index (χ3n) is 2.20. The van der Waals surface area contributed by atoms with Gasteiger partial charge in [-0.2, -0.15) is 0 Å². The van der Waals surface area contributed by atoms with Crippen LogP contribution in [0.3, 0.4) is 0 Å². The monoisotopic (exact) mass is 209 g/mol. The van der Waals surface area contributed by atoms with Crippen molar-refractivity contribution in [1.29, 1.82) is 0 Å². The minimum Gasteiger partial charge on any atom is -0.496 e. The molecule has 1 atom stereocenters. The van der Waals surface area contributed by atoms with Crippen molar-refractivity contribution in [2.24, 2.45) is 5.73 Å². The molecule has 0 aliphatic heterocycles. The first-order chi connectivity index (χ1) is 7.17. The van der Waals surface area contributed by atoms with Crippen LogP contribution in [0.15, 0.2) is 18.2 Å². The summed E-state index contributed by atoms with van der Waals surface area (Å²) in [6.07, 6.45) is 0.820. The fourth-order valence-electron chi connectivity index (χ4n) is 1.59. The van der Waals surface area contributed by atoms with Crippen LogP contribution in [0, 0.1) is 0 Å². The van der Waals surface area contributed by atoms with Crippen molar-refractivity contribution in [3.05, 3.63) is 29.3 Å². The fraction of sp³-hybridized carbons (Fsp3) is 0.500. The lowest BCUT2D eigenvalue weighted by Gasteiger charge is -2.12. The number of nitrogens with two attached hydrogens (primary N) is 1. The van der Waals surface area contributed by atoms with E-state index in [2.05, 4.69) is 6.07 Å². The van der Waals surface area contributed by atoms with Crippen molar-refractivity contribution in [3.8, 4) is 5.75 Å². The van der Waals surface area contributed by atoms with E-state index in [4.69, 9.17) is 15.2 Å². The molecule has 0 saturated carbocycles. The van der Waals surface area contributed by atoms with Crippen LogP contribution in [0.25, 0.3) is 0 Å². The molecule has 15 heavy (non-hydrogen) atoms. The first-order valence-corrected chi connectivity index (χ1v) is 5.07. The van der Waals surface area contributed by atoms with E-state index in [0.717, 1.165) is 23.3 Å². The van der Waals surface area contributed by atoms with Crippen LogP contribution in [0.2, 0.25) is 0 Å². The topological polar surface area (TPSA) is 44.5 Å². The Balaban J connectivity index is 2.91. The standard InChI is InChI=1S/C12H19NO2/c1-9(13)6-11-7-10(8-14-2)4-5-12(11)15-3/h4-5,7,9H,6,8,13H2,1-3H3. The van der Waals surface area contributed by atoms with Gasteiger partial charge in [0.2, 0.25) is 0 Å². The van der Waals surface area contributed by atoms with Crippen LogP contribution in [0.4, 0.5) is 0 Å². The zero-order valence-electron chi connectivity index (χ0n) is 9.62. The molecule has 1 aromatic carbocycles. The highest BCUT2D eigenvalue weighted by Crippen LogP contribution is 2.21. The number of benzene rings is 1. The average molecular weight is 209 g/mol. The highest BCUT2D eigenvalue weighted by molar-refractivity contribution is 5.37. The molecule has 0 fully saturated rings. The fourth-order valence-corrected chi connectivity index (χ4v) is 1.59. The molecule has 2 N–H and O–H groups in total. The Morgan fingerprint density at radius 2 is 2.07 bits per heavy atom. The second-order valence-electron chi connectivity index (χ2n) is 3.76. The quantitative estimate of drug-likeness (QED) is 0.803. The summed E-state index contributed by atoms with van der Waals surface area (Å²) in [6, 6.07) is 6.20. The highest BCUT2D eigenvalue weighted by Gasteiger charge is 2.06. The molecule has 0 aliphatic carbocycles. The molecule has 0 spiro atoms. The van der Waals surface area contributed by atoms with Gasteiger partial charge in [-0.05, 0) is 36.6 Å². The van der Waals surface area contributed by atoms with Gasteiger partial charge in [0.15, 0.2) is 0 Å². The second kappa shape index (κ2) is 5.73. The molecule has 0 aliphatic rings. The minimum atomic E-state index is 0.136. The molecule has 0 bridgehead atoms. The van der Waals surface area contributed by atoms with Gasteiger partial charge < -0.3 is 15.2 Å². The molecule has 1 rings (SSSR count). The van der Waals surface area contributed by atoms with E-state index in [9.17, 15) is 0 Å². The van der Waals surface area contributed by atoms with E-state index in [1.54, 1.807) is 14.2 Å². The molecule has 0 saturated heterocycles. The molecule has 84 valence electrons. The van der Waals surface area contributed by atoms with E-state index in [-0.39, 0.29) is 6.04 Å². The number of hydrogen-bond acceptors (Lipinski definition) is 3. The van der Waals surface area contributed by atoms with Gasteiger partial charge in [-0.3, -0.25) is 0 Å². The summed E-state index contributed by atoms with van der Waals surface area (Å²) in [5.41, 5.74) is 8.07. The molecule has 1 aromatic rings.